The lowest BCUT2D eigenvalue weighted by molar-refractivity contribution is 0.210. The molecule has 1 aliphatic rings. The molecule has 0 aliphatic carbocycles. The first-order valence-electron chi connectivity index (χ1n) is 6.60. The predicted molar refractivity (Wildman–Crippen MR) is 70.2 cm³/mol. The number of aromatic nitrogens is 1. The highest BCUT2D eigenvalue weighted by Crippen LogP contribution is 2.21. The van der Waals surface area contributed by atoms with E-state index in [0.29, 0.717) is 0 Å². The van der Waals surface area contributed by atoms with Crippen LogP contribution in [0.2, 0.25) is 0 Å². The Bertz CT molecular complexity index is 371. The quantitative estimate of drug-likeness (QED) is 0.865. The van der Waals surface area contributed by atoms with Crippen molar-refractivity contribution in [1.29, 1.82) is 0 Å². The van der Waals surface area contributed by atoms with Crippen molar-refractivity contribution in [3.8, 4) is 0 Å². The molecule has 3 nitrogen and oxygen atoms in total. The third-order valence-electron chi connectivity index (χ3n) is 3.76. The Morgan fingerprint density at radius 1 is 1.35 bits per heavy atom. The number of hydrogen-bond acceptors (Lipinski definition) is 2. The van der Waals surface area contributed by atoms with Gasteiger partial charge in [0.1, 0.15) is 0 Å². The second-order valence-electron chi connectivity index (χ2n) is 5.20. The number of pyridine rings is 1. The maximum Gasteiger partial charge on any atom is 0.247 e. The maximum atomic E-state index is 10.9. The summed E-state index contributed by atoms with van der Waals surface area (Å²) in [6.07, 6.45) is 8.19. The van der Waals surface area contributed by atoms with Crippen LogP contribution in [-0.2, 0) is 6.42 Å². The normalized spacial score (nSPS) is 18.4. The number of rotatable bonds is 4. The van der Waals surface area contributed by atoms with Gasteiger partial charge in [0.25, 0.3) is 0 Å². The Morgan fingerprint density at radius 2 is 2.12 bits per heavy atom. The fraction of sp³-hybridized carbons (Fsp3) is 0.643. The minimum Gasteiger partial charge on any atom is -0.329 e. The molecule has 1 aromatic rings. The molecule has 94 valence electrons. The Labute approximate surface area is 103 Å². The van der Waals surface area contributed by atoms with Gasteiger partial charge in [-0.25, -0.2) is 0 Å². The molecule has 0 spiro atoms. The topological polar surface area (TPSA) is 36.1 Å². The summed E-state index contributed by atoms with van der Waals surface area (Å²) in [5.41, 5.74) is 1.24. The van der Waals surface area contributed by atoms with Crippen molar-refractivity contribution in [2.45, 2.75) is 32.1 Å². The molecule has 0 unspecified atom stereocenters. The van der Waals surface area contributed by atoms with Crippen molar-refractivity contribution in [2.24, 2.45) is 5.92 Å². The lowest BCUT2D eigenvalue weighted by Crippen LogP contribution is -2.30. The zero-order valence-electron chi connectivity index (χ0n) is 10.6. The summed E-state index contributed by atoms with van der Waals surface area (Å²) in [4.78, 5) is 16.1. The molecule has 17 heavy (non-hydrogen) atoms. The lowest BCUT2D eigenvalue weighted by atomic mass is 9.91. The SMILES string of the molecule is CN1CCC(CCCc2ccc(=O)[nH]c2)CC1. The minimum atomic E-state index is -0.0101. The number of aryl methyl sites for hydroxylation is 1. The molecule has 1 aliphatic heterocycles. The van der Waals surface area contributed by atoms with Crippen LogP contribution >= 0.6 is 0 Å². The van der Waals surface area contributed by atoms with E-state index < -0.39 is 0 Å². The third-order valence-corrected chi connectivity index (χ3v) is 3.76. The van der Waals surface area contributed by atoms with Gasteiger partial charge in [-0.1, -0.05) is 12.5 Å². The van der Waals surface area contributed by atoms with Crippen molar-refractivity contribution in [3.05, 3.63) is 34.2 Å². The smallest absolute Gasteiger partial charge is 0.247 e. The first kappa shape index (κ1) is 12.4. The van der Waals surface area contributed by atoms with Crippen LogP contribution in [0.25, 0.3) is 0 Å². The molecule has 1 aromatic heterocycles. The first-order chi connectivity index (χ1) is 8.24. The van der Waals surface area contributed by atoms with Crippen LogP contribution in [-0.4, -0.2) is 30.0 Å². The third kappa shape index (κ3) is 4.00. The molecule has 0 aromatic carbocycles. The highest BCUT2D eigenvalue weighted by atomic mass is 16.1. The van der Waals surface area contributed by atoms with E-state index in [4.69, 9.17) is 0 Å². The van der Waals surface area contributed by atoms with E-state index in [-0.39, 0.29) is 5.56 Å². The summed E-state index contributed by atoms with van der Waals surface area (Å²) >= 11 is 0. The van der Waals surface area contributed by atoms with Crippen molar-refractivity contribution >= 4 is 0 Å². The van der Waals surface area contributed by atoms with Crippen LogP contribution in [0.3, 0.4) is 0 Å². The molecule has 1 N–H and O–H groups in total. The number of likely N-dealkylation sites (tertiary alicyclic amines) is 1. The van der Waals surface area contributed by atoms with Crippen molar-refractivity contribution in [2.75, 3.05) is 20.1 Å². The molecular weight excluding hydrogens is 212 g/mol. The standard InChI is InChI=1S/C14H22N2O/c1-16-9-7-12(8-10-16)3-2-4-13-5-6-14(17)15-11-13/h5-6,11-12H,2-4,7-10H2,1H3,(H,15,17). The van der Waals surface area contributed by atoms with E-state index in [0.717, 1.165) is 12.3 Å². The van der Waals surface area contributed by atoms with Crippen molar-refractivity contribution < 1.29 is 0 Å². The van der Waals surface area contributed by atoms with Crippen LogP contribution in [0.5, 0.6) is 0 Å². The molecule has 1 fully saturated rings. The van der Waals surface area contributed by atoms with Gasteiger partial charge in [-0.15, -0.1) is 0 Å². The van der Waals surface area contributed by atoms with E-state index in [9.17, 15) is 4.79 Å². The minimum absolute atomic E-state index is 0.0101. The number of H-pyrrole nitrogens is 1. The maximum absolute atomic E-state index is 10.9. The van der Waals surface area contributed by atoms with Gasteiger partial charge >= 0.3 is 0 Å². The predicted octanol–water partition coefficient (Wildman–Crippen LogP) is 2.04. The van der Waals surface area contributed by atoms with Crippen LogP contribution < -0.4 is 5.56 Å². The first-order valence-corrected chi connectivity index (χ1v) is 6.60. The van der Waals surface area contributed by atoms with Crippen LogP contribution in [0, 0.1) is 5.92 Å². The molecule has 0 bridgehead atoms. The highest BCUT2D eigenvalue weighted by Gasteiger charge is 2.15. The molecule has 2 heterocycles. The Morgan fingerprint density at radius 3 is 2.76 bits per heavy atom. The molecule has 0 amide bonds. The fourth-order valence-corrected chi connectivity index (χ4v) is 2.54. The summed E-state index contributed by atoms with van der Waals surface area (Å²) in [6, 6.07) is 3.55. The Kier molecular flexibility index (Phi) is 4.37. The molecule has 2 rings (SSSR count). The van der Waals surface area contributed by atoms with Crippen LogP contribution in [0.15, 0.2) is 23.1 Å². The number of piperidine rings is 1. The molecule has 0 saturated carbocycles. The fourth-order valence-electron chi connectivity index (χ4n) is 2.54. The molecule has 3 heteroatoms. The monoisotopic (exact) mass is 234 g/mol. The molecule has 0 atom stereocenters. The van der Waals surface area contributed by atoms with Crippen molar-refractivity contribution in [1.82, 2.24) is 9.88 Å². The van der Waals surface area contributed by atoms with E-state index >= 15 is 0 Å². The van der Waals surface area contributed by atoms with E-state index in [1.165, 1.54) is 44.3 Å². The van der Waals surface area contributed by atoms with Gasteiger partial charge in [0, 0.05) is 12.3 Å². The molecule has 1 saturated heterocycles. The summed E-state index contributed by atoms with van der Waals surface area (Å²) < 4.78 is 0. The number of aromatic amines is 1. The van der Waals surface area contributed by atoms with Gasteiger partial charge in [0.15, 0.2) is 0 Å². The van der Waals surface area contributed by atoms with Crippen LogP contribution in [0.1, 0.15) is 31.2 Å². The van der Waals surface area contributed by atoms with Gasteiger partial charge in [-0.05, 0) is 57.3 Å². The molecule has 0 radical (unpaired) electrons. The summed E-state index contributed by atoms with van der Waals surface area (Å²) in [5.74, 6) is 0.911. The van der Waals surface area contributed by atoms with Gasteiger partial charge in [0.2, 0.25) is 5.56 Å². The lowest BCUT2D eigenvalue weighted by Gasteiger charge is -2.28. The van der Waals surface area contributed by atoms with E-state index in [1.54, 1.807) is 6.07 Å². The van der Waals surface area contributed by atoms with E-state index in [2.05, 4.69) is 16.9 Å². The summed E-state index contributed by atoms with van der Waals surface area (Å²) in [6.45, 7) is 2.51. The van der Waals surface area contributed by atoms with Crippen molar-refractivity contribution in [3.63, 3.8) is 0 Å². The zero-order valence-corrected chi connectivity index (χ0v) is 10.6. The second-order valence-corrected chi connectivity index (χ2v) is 5.20. The molecular formula is C14H22N2O. The summed E-state index contributed by atoms with van der Waals surface area (Å²) in [5, 5.41) is 0. The average molecular weight is 234 g/mol. The Balaban J connectivity index is 1.69. The van der Waals surface area contributed by atoms with Gasteiger partial charge in [-0.2, -0.15) is 0 Å². The van der Waals surface area contributed by atoms with Gasteiger partial charge in [-0.3, -0.25) is 4.79 Å². The van der Waals surface area contributed by atoms with Crippen LogP contribution in [0.4, 0.5) is 0 Å². The number of hydrogen-bond donors (Lipinski definition) is 1. The van der Waals surface area contributed by atoms with E-state index in [1.807, 2.05) is 12.3 Å². The summed E-state index contributed by atoms with van der Waals surface area (Å²) in [7, 11) is 2.20. The largest absolute Gasteiger partial charge is 0.329 e. The Hall–Kier alpha value is -1.09. The average Bonchev–Trinajstić information content (AvgIpc) is 2.34. The number of nitrogens with zero attached hydrogens (tertiary/aromatic N) is 1. The highest BCUT2D eigenvalue weighted by molar-refractivity contribution is 5.08. The number of nitrogens with one attached hydrogen (secondary N) is 1. The zero-order chi connectivity index (χ0) is 12.1. The van der Waals surface area contributed by atoms with Gasteiger partial charge < -0.3 is 9.88 Å². The second kappa shape index (κ2) is 6.01. The van der Waals surface area contributed by atoms with Gasteiger partial charge in [0.05, 0.1) is 0 Å².